The molecule has 0 spiro atoms. The third-order valence-electron chi connectivity index (χ3n) is 6.72. The van der Waals surface area contributed by atoms with Gasteiger partial charge in [-0.05, 0) is 68.1 Å². The lowest BCUT2D eigenvalue weighted by molar-refractivity contribution is -0.131. The molecular weight excluding hydrogens is 440 g/mol. The molecule has 3 heterocycles. The van der Waals surface area contributed by atoms with Crippen LogP contribution in [0.3, 0.4) is 0 Å². The van der Waals surface area contributed by atoms with E-state index in [0.717, 1.165) is 48.5 Å². The van der Waals surface area contributed by atoms with Crippen LogP contribution in [0.25, 0.3) is 0 Å². The molecule has 35 heavy (non-hydrogen) atoms. The van der Waals surface area contributed by atoms with Crippen LogP contribution in [-0.4, -0.2) is 47.1 Å². The van der Waals surface area contributed by atoms with Crippen LogP contribution in [0.1, 0.15) is 58.1 Å². The van der Waals surface area contributed by atoms with E-state index in [1.54, 1.807) is 6.26 Å². The second kappa shape index (κ2) is 9.78. The fraction of sp³-hybridized carbons (Fsp3) is 0.321. The number of hydrazone groups is 1. The van der Waals surface area contributed by atoms with Gasteiger partial charge in [0, 0.05) is 30.8 Å². The quantitative estimate of drug-likeness (QED) is 0.555. The number of hydrogen-bond acceptors (Lipinski definition) is 5. The van der Waals surface area contributed by atoms with E-state index in [2.05, 4.69) is 5.32 Å². The highest BCUT2D eigenvalue weighted by Crippen LogP contribution is 2.33. The third-order valence-corrected chi connectivity index (χ3v) is 6.72. The van der Waals surface area contributed by atoms with Gasteiger partial charge in [0.1, 0.15) is 11.8 Å². The summed E-state index contributed by atoms with van der Waals surface area (Å²) >= 11 is 0. The normalized spacial score (nSPS) is 17.5. The molecule has 5 rings (SSSR count). The molecule has 7 nitrogen and oxygen atoms in total. The summed E-state index contributed by atoms with van der Waals surface area (Å²) in [6.07, 6.45) is 4.34. The van der Waals surface area contributed by atoms with E-state index >= 15 is 0 Å². The van der Waals surface area contributed by atoms with E-state index in [9.17, 15) is 9.59 Å². The highest BCUT2D eigenvalue weighted by Gasteiger charge is 2.34. The lowest BCUT2D eigenvalue weighted by Crippen LogP contribution is -2.32. The van der Waals surface area contributed by atoms with Crippen molar-refractivity contribution in [2.45, 2.75) is 39.2 Å². The van der Waals surface area contributed by atoms with Gasteiger partial charge in [0.25, 0.3) is 11.8 Å². The molecule has 2 aliphatic rings. The molecule has 180 valence electrons. The Hall–Kier alpha value is -3.87. The highest BCUT2D eigenvalue weighted by atomic mass is 16.3. The van der Waals surface area contributed by atoms with Crippen molar-refractivity contribution in [2.24, 2.45) is 5.10 Å². The van der Waals surface area contributed by atoms with E-state index in [0.29, 0.717) is 17.7 Å². The molecule has 2 amide bonds. The summed E-state index contributed by atoms with van der Waals surface area (Å²) < 4.78 is 5.64. The first-order chi connectivity index (χ1) is 17.0. The number of amides is 2. The van der Waals surface area contributed by atoms with Crippen molar-refractivity contribution < 1.29 is 14.0 Å². The molecule has 0 saturated carbocycles. The van der Waals surface area contributed by atoms with E-state index in [1.165, 1.54) is 10.6 Å². The Morgan fingerprint density at radius 3 is 2.51 bits per heavy atom. The van der Waals surface area contributed by atoms with Crippen molar-refractivity contribution in [2.75, 3.05) is 25.0 Å². The highest BCUT2D eigenvalue weighted by molar-refractivity contribution is 6.03. The van der Waals surface area contributed by atoms with Gasteiger partial charge in [-0.1, -0.05) is 29.8 Å². The van der Waals surface area contributed by atoms with Crippen LogP contribution >= 0.6 is 0 Å². The second-order valence-corrected chi connectivity index (χ2v) is 9.27. The number of benzene rings is 2. The van der Waals surface area contributed by atoms with Crippen molar-refractivity contribution in [1.29, 1.82) is 0 Å². The molecule has 0 bridgehead atoms. The van der Waals surface area contributed by atoms with Crippen LogP contribution in [0.2, 0.25) is 0 Å². The number of furan rings is 1. The smallest absolute Gasteiger partial charge is 0.262 e. The topological polar surface area (TPSA) is 78.2 Å². The Morgan fingerprint density at radius 1 is 1.06 bits per heavy atom. The number of hydrogen-bond donors (Lipinski definition) is 1. The third kappa shape index (κ3) is 4.85. The summed E-state index contributed by atoms with van der Waals surface area (Å²) in [4.78, 5) is 27.9. The fourth-order valence-electron chi connectivity index (χ4n) is 4.71. The van der Waals surface area contributed by atoms with Gasteiger partial charge in [0.2, 0.25) is 0 Å². The van der Waals surface area contributed by atoms with Gasteiger partial charge in [-0.3, -0.25) is 9.59 Å². The maximum absolute atomic E-state index is 13.3. The Bertz CT molecular complexity index is 1240. The number of carbonyl (C=O) groups is 2. The molecule has 0 aliphatic carbocycles. The summed E-state index contributed by atoms with van der Waals surface area (Å²) in [7, 11) is 0. The van der Waals surface area contributed by atoms with Crippen LogP contribution in [0.4, 0.5) is 5.69 Å². The number of nitrogens with zero attached hydrogens (tertiary/aromatic N) is 3. The van der Waals surface area contributed by atoms with Gasteiger partial charge in [-0.2, -0.15) is 5.10 Å². The van der Waals surface area contributed by atoms with Crippen molar-refractivity contribution in [3.63, 3.8) is 0 Å². The van der Waals surface area contributed by atoms with Crippen LogP contribution in [-0.2, 0) is 4.79 Å². The predicted molar refractivity (Wildman–Crippen MR) is 135 cm³/mol. The van der Waals surface area contributed by atoms with Crippen LogP contribution in [0.5, 0.6) is 0 Å². The van der Waals surface area contributed by atoms with Crippen molar-refractivity contribution in [3.05, 3.63) is 88.9 Å². The zero-order valence-corrected chi connectivity index (χ0v) is 20.2. The number of aryl methyl sites for hydroxylation is 2. The molecule has 2 aliphatic heterocycles. The summed E-state index contributed by atoms with van der Waals surface area (Å²) in [5, 5.41) is 9.46. The molecule has 1 unspecified atom stereocenters. The van der Waals surface area contributed by atoms with Gasteiger partial charge < -0.3 is 14.6 Å². The van der Waals surface area contributed by atoms with Crippen LogP contribution < -0.4 is 5.32 Å². The minimum atomic E-state index is -0.280. The zero-order valence-electron chi connectivity index (χ0n) is 20.2. The maximum atomic E-state index is 13.3. The molecule has 1 atom stereocenters. The van der Waals surface area contributed by atoms with Crippen molar-refractivity contribution in [1.82, 2.24) is 9.91 Å². The number of carbonyl (C=O) groups excluding carboxylic acids is 2. The molecular formula is C28H30N4O3. The van der Waals surface area contributed by atoms with Crippen LogP contribution in [0.15, 0.2) is 70.4 Å². The van der Waals surface area contributed by atoms with Gasteiger partial charge in [0.05, 0.1) is 18.5 Å². The van der Waals surface area contributed by atoms with E-state index < -0.39 is 0 Å². The summed E-state index contributed by atoms with van der Waals surface area (Å²) in [5.74, 6) is 0.639. The zero-order chi connectivity index (χ0) is 24.4. The first-order valence-corrected chi connectivity index (χ1v) is 12.1. The lowest BCUT2D eigenvalue weighted by Gasteiger charge is -2.21. The average Bonchev–Trinajstić information content (AvgIpc) is 3.64. The summed E-state index contributed by atoms with van der Waals surface area (Å²) in [5.41, 5.74) is 5.48. The monoisotopic (exact) mass is 470 g/mol. The predicted octanol–water partition coefficient (Wildman–Crippen LogP) is 4.92. The molecule has 1 aromatic heterocycles. The fourth-order valence-corrected chi connectivity index (χ4v) is 4.71. The van der Waals surface area contributed by atoms with Crippen molar-refractivity contribution in [3.8, 4) is 0 Å². The minimum absolute atomic E-state index is 0.0737. The van der Waals surface area contributed by atoms with E-state index in [4.69, 9.17) is 9.52 Å². The van der Waals surface area contributed by atoms with Gasteiger partial charge >= 0.3 is 0 Å². The standard InChI is InChI=1S/C28H30N4O3/c1-19-7-9-21(10-8-19)24-17-25(26-6-5-15-35-26)32(30-24)27(33)18-29-23-12-11-22(16-20(23)2)28(34)31-13-3-4-14-31/h5-12,15-16,25,29H,3-4,13-14,17-18H2,1-2H3. The average molecular weight is 471 g/mol. The Labute approximate surface area is 205 Å². The number of nitrogens with one attached hydrogen (secondary N) is 1. The molecule has 1 fully saturated rings. The minimum Gasteiger partial charge on any atom is -0.467 e. The lowest BCUT2D eigenvalue weighted by atomic mass is 10.0. The molecule has 1 N–H and O–H groups in total. The van der Waals surface area contributed by atoms with E-state index in [1.807, 2.05) is 73.3 Å². The van der Waals surface area contributed by atoms with E-state index in [-0.39, 0.29) is 24.4 Å². The summed E-state index contributed by atoms with van der Waals surface area (Å²) in [6, 6.07) is 17.2. The number of likely N-dealkylation sites (tertiary alicyclic amines) is 1. The molecule has 1 saturated heterocycles. The first kappa shape index (κ1) is 22.9. The number of anilines is 1. The SMILES string of the molecule is Cc1ccc(C2=NN(C(=O)CNc3ccc(C(=O)N4CCCC4)cc3C)C(c3ccco3)C2)cc1. The molecule has 7 heteroatoms. The van der Waals surface area contributed by atoms with Gasteiger partial charge in [-0.15, -0.1) is 0 Å². The molecule has 0 radical (unpaired) electrons. The second-order valence-electron chi connectivity index (χ2n) is 9.27. The van der Waals surface area contributed by atoms with Crippen LogP contribution in [0, 0.1) is 13.8 Å². The van der Waals surface area contributed by atoms with Gasteiger partial charge in [0.15, 0.2) is 0 Å². The van der Waals surface area contributed by atoms with Gasteiger partial charge in [-0.25, -0.2) is 5.01 Å². The van der Waals surface area contributed by atoms with Crippen molar-refractivity contribution >= 4 is 23.2 Å². The Balaban J connectivity index is 1.30. The maximum Gasteiger partial charge on any atom is 0.262 e. The Kier molecular flexibility index (Phi) is 6.40. The summed E-state index contributed by atoms with van der Waals surface area (Å²) in [6.45, 7) is 5.73. The Morgan fingerprint density at radius 2 is 1.83 bits per heavy atom. The number of rotatable bonds is 6. The molecule has 2 aromatic carbocycles. The molecule has 3 aromatic rings. The first-order valence-electron chi connectivity index (χ1n) is 12.1. The largest absolute Gasteiger partial charge is 0.467 e.